The molecule has 94 valence electrons. The van der Waals surface area contributed by atoms with Crippen molar-refractivity contribution in [2.45, 2.75) is 6.54 Å². The van der Waals surface area contributed by atoms with Gasteiger partial charge in [-0.3, -0.25) is 9.78 Å². The van der Waals surface area contributed by atoms with Crippen LogP contribution in [-0.2, 0) is 6.54 Å². The Kier molecular flexibility index (Phi) is 2.89. The molecule has 0 spiro atoms. The minimum absolute atomic E-state index is 0.105. The number of pyridine rings is 2. The van der Waals surface area contributed by atoms with E-state index in [4.69, 9.17) is 4.52 Å². The Balaban J connectivity index is 1.87. The summed E-state index contributed by atoms with van der Waals surface area (Å²) >= 11 is 0. The van der Waals surface area contributed by atoms with Gasteiger partial charge in [0.05, 0.1) is 0 Å². The molecular weight excluding hydrogens is 244 g/mol. The molecule has 0 aliphatic rings. The average molecular weight is 254 g/mol. The van der Waals surface area contributed by atoms with Gasteiger partial charge in [0, 0.05) is 30.2 Å². The van der Waals surface area contributed by atoms with Crippen LogP contribution in [0.4, 0.5) is 0 Å². The maximum Gasteiger partial charge on any atom is 0.250 e. The minimum atomic E-state index is -0.105. The Bertz CT molecular complexity index is 733. The highest BCUT2D eigenvalue weighted by Crippen LogP contribution is 2.14. The van der Waals surface area contributed by atoms with Gasteiger partial charge in [-0.15, -0.1) is 0 Å². The van der Waals surface area contributed by atoms with E-state index in [0.29, 0.717) is 11.7 Å². The summed E-state index contributed by atoms with van der Waals surface area (Å²) in [5, 5.41) is 3.88. The van der Waals surface area contributed by atoms with Gasteiger partial charge in [-0.05, 0) is 18.2 Å². The summed E-state index contributed by atoms with van der Waals surface area (Å²) in [5.41, 5.74) is 0.719. The van der Waals surface area contributed by atoms with Gasteiger partial charge in [0.2, 0.25) is 11.7 Å². The lowest BCUT2D eigenvalue weighted by atomic mass is 10.2. The van der Waals surface area contributed by atoms with E-state index in [2.05, 4.69) is 15.1 Å². The van der Waals surface area contributed by atoms with E-state index in [9.17, 15) is 4.79 Å². The molecule has 0 saturated carbocycles. The third-order valence-electron chi connectivity index (χ3n) is 2.61. The molecular formula is C13H10N4O2. The predicted octanol–water partition coefficient (Wildman–Crippen LogP) is 1.34. The predicted molar refractivity (Wildman–Crippen MR) is 67.3 cm³/mol. The third-order valence-corrected chi connectivity index (χ3v) is 2.61. The molecule has 0 unspecified atom stereocenters. The number of hydrogen-bond donors (Lipinski definition) is 0. The van der Waals surface area contributed by atoms with Crippen LogP contribution < -0.4 is 5.56 Å². The fourth-order valence-electron chi connectivity index (χ4n) is 1.67. The molecule has 19 heavy (non-hydrogen) atoms. The van der Waals surface area contributed by atoms with Crippen molar-refractivity contribution in [3.05, 3.63) is 65.2 Å². The van der Waals surface area contributed by atoms with Gasteiger partial charge >= 0.3 is 0 Å². The third kappa shape index (κ3) is 2.42. The van der Waals surface area contributed by atoms with Gasteiger partial charge in [0.15, 0.2) is 0 Å². The van der Waals surface area contributed by atoms with Crippen LogP contribution >= 0.6 is 0 Å². The molecule has 0 fully saturated rings. The van der Waals surface area contributed by atoms with Crippen LogP contribution in [0, 0.1) is 0 Å². The molecule has 3 rings (SSSR count). The zero-order valence-corrected chi connectivity index (χ0v) is 9.93. The lowest BCUT2D eigenvalue weighted by Gasteiger charge is -1.98. The van der Waals surface area contributed by atoms with Crippen LogP contribution in [0.5, 0.6) is 0 Å². The van der Waals surface area contributed by atoms with Crippen molar-refractivity contribution in [1.82, 2.24) is 19.7 Å². The summed E-state index contributed by atoms with van der Waals surface area (Å²) in [5.74, 6) is 0.876. The minimum Gasteiger partial charge on any atom is -0.337 e. The van der Waals surface area contributed by atoms with Crippen molar-refractivity contribution in [3.8, 4) is 11.4 Å². The summed E-state index contributed by atoms with van der Waals surface area (Å²) in [4.78, 5) is 19.7. The lowest BCUT2D eigenvalue weighted by Crippen LogP contribution is -2.18. The van der Waals surface area contributed by atoms with Gasteiger partial charge in [-0.25, -0.2) is 0 Å². The normalized spacial score (nSPS) is 10.5. The molecule has 0 amide bonds. The average Bonchev–Trinajstić information content (AvgIpc) is 2.91. The van der Waals surface area contributed by atoms with Gasteiger partial charge < -0.3 is 9.09 Å². The Morgan fingerprint density at radius 2 is 2.00 bits per heavy atom. The summed E-state index contributed by atoms with van der Waals surface area (Å²) < 4.78 is 6.64. The van der Waals surface area contributed by atoms with Crippen LogP contribution in [0.25, 0.3) is 11.4 Å². The zero-order chi connectivity index (χ0) is 13.1. The van der Waals surface area contributed by atoms with Crippen LogP contribution in [0.2, 0.25) is 0 Å². The van der Waals surface area contributed by atoms with E-state index < -0.39 is 0 Å². The fraction of sp³-hybridized carbons (Fsp3) is 0.0769. The zero-order valence-electron chi connectivity index (χ0n) is 9.93. The molecule has 0 aliphatic heterocycles. The molecule has 0 bridgehead atoms. The Morgan fingerprint density at radius 1 is 1.16 bits per heavy atom. The van der Waals surface area contributed by atoms with E-state index >= 15 is 0 Å². The second-order valence-electron chi connectivity index (χ2n) is 3.91. The Hall–Kier alpha value is -2.76. The first-order valence-electron chi connectivity index (χ1n) is 5.71. The monoisotopic (exact) mass is 254 g/mol. The first kappa shape index (κ1) is 11.3. The smallest absolute Gasteiger partial charge is 0.250 e. The van der Waals surface area contributed by atoms with Gasteiger partial charge in [0.25, 0.3) is 5.56 Å². The summed E-state index contributed by atoms with van der Waals surface area (Å²) in [7, 11) is 0. The summed E-state index contributed by atoms with van der Waals surface area (Å²) in [6.45, 7) is 0.262. The molecule has 3 heterocycles. The van der Waals surface area contributed by atoms with E-state index in [1.807, 2.05) is 0 Å². The molecule has 6 nitrogen and oxygen atoms in total. The number of hydrogen-bond acceptors (Lipinski definition) is 5. The highest BCUT2D eigenvalue weighted by Gasteiger charge is 2.09. The maximum atomic E-state index is 11.6. The topological polar surface area (TPSA) is 73.8 Å². The quantitative estimate of drug-likeness (QED) is 0.705. The molecule has 3 aromatic rings. The van der Waals surface area contributed by atoms with Crippen molar-refractivity contribution in [2.75, 3.05) is 0 Å². The largest absolute Gasteiger partial charge is 0.337 e. The van der Waals surface area contributed by atoms with Crippen LogP contribution in [0.15, 0.2) is 58.2 Å². The highest BCUT2D eigenvalue weighted by molar-refractivity contribution is 5.52. The summed E-state index contributed by atoms with van der Waals surface area (Å²) in [6.07, 6.45) is 5.00. The molecule has 0 N–H and O–H groups in total. The standard InChI is InChI=1S/C13H10N4O2/c18-12-3-1-2-8-17(12)9-11-15-13(16-19-11)10-4-6-14-7-5-10/h1-8H,9H2. The highest BCUT2D eigenvalue weighted by atomic mass is 16.5. The summed E-state index contributed by atoms with van der Waals surface area (Å²) in [6, 6.07) is 8.55. The lowest BCUT2D eigenvalue weighted by molar-refractivity contribution is 0.370. The van der Waals surface area contributed by atoms with Gasteiger partial charge in [-0.2, -0.15) is 4.98 Å². The van der Waals surface area contributed by atoms with Crippen LogP contribution in [0.1, 0.15) is 5.89 Å². The van der Waals surface area contributed by atoms with Crippen molar-refractivity contribution in [3.63, 3.8) is 0 Å². The maximum absolute atomic E-state index is 11.6. The van der Waals surface area contributed by atoms with Crippen molar-refractivity contribution < 1.29 is 4.52 Å². The van der Waals surface area contributed by atoms with E-state index in [-0.39, 0.29) is 12.1 Å². The molecule has 0 saturated heterocycles. The van der Waals surface area contributed by atoms with Crippen molar-refractivity contribution in [2.24, 2.45) is 0 Å². The van der Waals surface area contributed by atoms with Crippen LogP contribution in [0.3, 0.4) is 0 Å². The molecule has 0 aliphatic carbocycles. The number of aromatic nitrogens is 4. The molecule has 0 radical (unpaired) electrons. The fourth-order valence-corrected chi connectivity index (χ4v) is 1.67. The first-order valence-corrected chi connectivity index (χ1v) is 5.71. The van der Waals surface area contributed by atoms with E-state index in [0.717, 1.165) is 5.56 Å². The van der Waals surface area contributed by atoms with Gasteiger partial charge in [-0.1, -0.05) is 11.2 Å². The molecule has 0 aromatic carbocycles. The Morgan fingerprint density at radius 3 is 2.79 bits per heavy atom. The second-order valence-corrected chi connectivity index (χ2v) is 3.91. The first-order chi connectivity index (χ1) is 9.33. The van der Waals surface area contributed by atoms with E-state index in [1.54, 1.807) is 42.9 Å². The van der Waals surface area contributed by atoms with E-state index in [1.165, 1.54) is 10.6 Å². The SMILES string of the molecule is O=c1ccccn1Cc1nc(-c2ccncc2)no1. The number of nitrogens with zero attached hydrogens (tertiary/aromatic N) is 4. The number of rotatable bonds is 3. The van der Waals surface area contributed by atoms with Crippen LogP contribution in [-0.4, -0.2) is 19.7 Å². The molecule has 0 atom stereocenters. The van der Waals surface area contributed by atoms with Gasteiger partial charge in [0.1, 0.15) is 6.54 Å². The van der Waals surface area contributed by atoms with Crippen molar-refractivity contribution >= 4 is 0 Å². The Labute approximate surface area is 108 Å². The van der Waals surface area contributed by atoms with Crippen molar-refractivity contribution in [1.29, 1.82) is 0 Å². The molecule has 6 heteroatoms. The second kappa shape index (κ2) is 4.85. The molecule has 3 aromatic heterocycles.